The molecule has 1 fully saturated rings. The van der Waals surface area contributed by atoms with Gasteiger partial charge >= 0.3 is 0 Å². The number of halogens is 1. The highest BCUT2D eigenvalue weighted by Crippen LogP contribution is 2.23. The molecule has 0 bridgehead atoms. The summed E-state index contributed by atoms with van der Waals surface area (Å²) in [5.74, 6) is 0.890. The Hall–Kier alpha value is -1.02. The number of aryl methyl sites for hydroxylation is 1. The van der Waals surface area contributed by atoms with Crippen LogP contribution in [0.4, 0.5) is 0 Å². The summed E-state index contributed by atoms with van der Waals surface area (Å²) in [4.78, 5) is 11.9. The molecule has 2 atom stereocenters. The fourth-order valence-corrected chi connectivity index (χ4v) is 3.04. The van der Waals surface area contributed by atoms with Crippen molar-refractivity contribution in [2.75, 3.05) is 0 Å². The molecule has 1 aliphatic carbocycles. The van der Waals surface area contributed by atoms with E-state index in [1.807, 2.05) is 24.3 Å². The van der Waals surface area contributed by atoms with Gasteiger partial charge in [0.15, 0.2) is 0 Å². The van der Waals surface area contributed by atoms with E-state index < -0.39 is 0 Å². The van der Waals surface area contributed by atoms with Gasteiger partial charge in [-0.2, -0.15) is 0 Å². The normalized spacial score (nSPS) is 23.1. The van der Waals surface area contributed by atoms with Gasteiger partial charge in [0.25, 0.3) is 0 Å². The lowest BCUT2D eigenvalue weighted by molar-refractivity contribution is -0.122. The maximum Gasteiger partial charge on any atom is 0.220 e. The van der Waals surface area contributed by atoms with E-state index in [0.29, 0.717) is 18.9 Å². The third kappa shape index (κ3) is 4.54. The highest BCUT2D eigenvalue weighted by Gasteiger charge is 2.20. The van der Waals surface area contributed by atoms with E-state index in [2.05, 4.69) is 12.2 Å². The minimum absolute atomic E-state index is 0.152. The Morgan fingerprint density at radius 2 is 2.16 bits per heavy atom. The second kappa shape index (κ2) is 6.95. The number of nitrogens with one attached hydrogen (secondary N) is 1. The van der Waals surface area contributed by atoms with E-state index >= 15 is 0 Å². The predicted molar refractivity (Wildman–Crippen MR) is 79.3 cm³/mol. The first kappa shape index (κ1) is 14.4. The molecule has 1 saturated carbocycles. The van der Waals surface area contributed by atoms with Gasteiger partial charge in [-0.15, -0.1) is 0 Å². The Bertz CT molecular complexity index is 433. The molecule has 1 amide bonds. The van der Waals surface area contributed by atoms with Crippen LogP contribution in [0.15, 0.2) is 24.3 Å². The van der Waals surface area contributed by atoms with Gasteiger partial charge in [-0.25, -0.2) is 0 Å². The molecule has 2 nitrogen and oxygen atoms in total. The molecule has 0 heterocycles. The van der Waals surface area contributed by atoms with Crippen molar-refractivity contribution in [3.8, 4) is 0 Å². The second-order valence-electron chi connectivity index (χ2n) is 5.63. The molecule has 104 valence electrons. The molecule has 1 aromatic rings. The Labute approximate surface area is 120 Å². The molecule has 2 rings (SSSR count). The Morgan fingerprint density at radius 3 is 2.89 bits per heavy atom. The van der Waals surface area contributed by atoms with Crippen molar-refractivity contribution in [2.45, 2.75) is 51.5 Å². The van der Waals surface area contributed by atoms with Crippen molar-refractivity contribution in [1.29, 1.82) is 0 Å². The molecule has 19 heavy (non-hydrogen) atoms. The first-order chi connectivity index (χ1) is 9.15. The summed E-state index contributed by atoms with van der Waals surface area (Å²) < 4.78 is 0. The Morgan fingerprint density at radius 1 is 1.37 bits per heavy atom. The van der Waals surface area contributed by atoms with Crippen molar-refractivity contribution >= 4 is 17.5 Å². The number of hydrogen-bond acceptors (Lipinski definition) is 1. The van der Waals surface area contributed by atoms with Crippen LogP contribution in [-0.4, -0.2) is 11.9 Å². The second-order valence-corrected chi connectivity index (χ2v) is 6.03. The van der Waals surface area contributed by atoms with E-state index in [-0.39, 0.29) is 5.91 Å². The van der Waals surface area contributed by atoms with Gasteiger partial charge in [-0.05, 0) is 36.8 Å². The largest absolute Gasteiger partial charge is 0.353 e. The summed E-state index contributed by atoms with van der Waals surface area (Å²) in [6, 6.07) is 8.11. The maximum atomic E-state index is 11.9. The molecule has 0 radical (unpaired) electrons. The quantitative estimate of drug-likeness (QED) is 0.888. The van der Waals surface area contributed by atoms with Crippen molar-refractivity contribution in [2.24, 2.45) is 5.92 Å². The van der Waals surface area contributed by atoms with Crippen molar-refractivity contribution < 1.29 is 4.79 Å². The summed E-state index contributed by atoms with van der Waals surface area (Å²) in [6.07, 6.45) is 6.02. The lowest BCUT2D eigenvalue weighted by Gasteiger charge is -2.27. The molecule has 0 saturated heterocycles. The van der Waals surface area contributed by atoms with Crippen molar-refractivity contribution in [3.05, 3.63) is 34.9 Å². The van der Waals surface area contributed by atoms with E-state index in [0.717, 1.165) is 29.3 Å². The number of benzene rings is 1. The zero-order valence-electron chi connectivity index (χ0n) is 11.5. The molecule has 0 aromatic heterocycles. The molecule has 0 unspecified atom stereocenters. The predicted octanol–water partition coefficient (Wildman–Crippen LogP) is 3.97. The van der Waals surface area contributed by atoms with Gasteiger partial charge in [-0.1, -0.05) is 49.6 Å². The molecular formula is C16H22ClNO. The van der Waals surface area contributed by atoms with Crippen LogP contribution in [0.25, 0.3) is 0 Å². The SMILES string of the molecule is C[C@@H]1CCC[C@@H](NC(=O)CCc2ccccc2Cl)C1. The van der Waals surface area contributed by atoms with Gasteiger partial charge in [-0.3, -0.25) is 4.79 Å². The zero-order valence-corrected chi connectivity index (χ0v) is 12.2. The average molecular weight is 280 g/mol. The van der Waals surface area contributed by atoms with Crippen LogP contribution in [0.1, 0.15) is 44.6 Å². The summed E-state index contributed by atoms with van der Waals surface area (Å²) in [6.45, 7) is 2.27. The number of carbonyl (C=O) groups is 1. The van der Waals surface area contributed by atoms with Gasteiger partial charge in [0, 0.05) is 17.5 Å². The highest BCUT2D eigenvalue weighted by atomic mass is 35.5. The molecular weight excluding hydrogens is 258 g/mol. The van der Waals surface area contributed by atoms with Gasteiger partial charge in [0.2, 0.25) is 5.91 Å². The third-order valence-corrected chi connectivity index (χ3v) is 4.25. The molecule has 3 heteroatoms. The fraction of sp³-hybridized carbons (Fsp3) is 0.562. The van der Waals surface area contributed by atoms with Crippen molar-refractivity contribution in [3.63, 3.8) is 0 Å². The van der Waals surface area contributed by atoms with Gasteiger partial charge < -0.3 is 5.32 Å². The topological polar surface area (TPSA) is 29.1 Å². The minimum Gasteiger partial charge on any atom is -0.353 e. The van der Waals surface area contributed by atoms with E-state index in [1.165, 1.54) is 12.8 Å². The van der Waals surface area contributed by atoms with Crippen LogP contribution < -0.4 is 5.32 Å². The standard InChI is InChI=1S/C16H22ClNO/c1-12-5-4-7-14(11-12)18-16(19)10-9-13-6-2-3-8-15(13)17/h2-3,6,8,12,14H,4-5,7,9-11H2,1H3,(H,18,19)/t12-,14-/m1/s1. The van der Waals surface area contributed by atoms with Gasteiger partial charge in [0.1, 0.15) is 0 Å². The van der Waals surface area contributed by atoms with Crippen LogP contribution in [0.5, 0.6) is 0 Å². The molecule has 1 N–H and O–H groups in total. The summed E-state index contributed by atoms with van der Waals surface area (Å²) in [5, 5.41) is 3.91. The molecule has 1 aliphatic rings. The Kier molecular flexibility index (Phi) is 5.26. The summed E-state index contributed by atoms with van der Waals surface area (Å²) in [5.41, 5.74) is 1.05. The lowest BCUT2D eigenvalue weighted by atomic mass is 9.87. The highest BCUT2D eigenvalue weighted by molar-refractivity contribution is 6.31. The van der Waals surface area contributed by atoms with Crippen LogP contribution in [0.2, 0.25) is 5.02 Å². The van der Waals surface area contributed by atoms with Crippen LogP contribution in [0.3, 0.4) is 0 Å². The number of carbonyl (C=O) groups excluding carboxylic acids is 1. The summed E-state index contributed by atoms with van der Waals surface area (Å²) in [7, 11) is 0. The first-order valence-corrected chi connectivity index (χ1v) is 7.55. The maximum absolute atomic E-state index is 11.9. The Balaban J connectivity index is 1.77. The fourth-order valence-electron chi connectivity index (χ4n) is 2.81. The van der Waals surface area contributed by atoms with Crippen molar-refractivity contribution in [1.82, 2.24) is 5.32 Å². The average Bonchev–Trinajstić information content (AvgIpc) is 2.38. The smallest absolute Gasteiger partial charge is 0.220 e. The number of amides is 1. The van der Waals surface area contributed by atoms with E-state index in [4.69, 9.17) is 11.6 Å². The van der Waals surface area contributed by atoms with Crippen LogP contribution in [0, 0.1) is 5.92 Å². The molecule has 1 aromatic carbocycles. The van der Waals surface area contributed by atoms with Crippen LogP contribution >= 0.6 is 11.6 Å². The summed E-state index contributed by atoms with van der Waals surface area (Å²) >= 11 is 6.09. The third-order valence-electron chi connectivity index (χ3n) is 3.88. The van der Waals surface area contributed by atoms with E-state index in [9.17, 15) is 4.79 Å². The lowest BCUT2D eigenvalue weighted by Crippen LogP contribution is -2.38. The number of hydrogen-bond donors (Lipinski definition) is 1. The zero-order chi connectivity index (χ0) is 13.7. The molecule has 0 aliphatic heterocycles. The van der Waals surface area contributed by atoms with Crippen LogP contribution in [-0.2, 0) is 11.2 Å². The minimum atomic E-state index is 0.152. The first-order valence-electron chi connectivity index (χ1n) is 7.18. The van der Waals surface area contributed by atoms with E-state index in [1.54, 1.807) is 0 Å². The molecule has 0 spiro atoms. The van der Waals surface area contributed by atoms with Gasteiger partial charge in [0.05, 0.1) is 0 Å². The number of rotatable bonds is 4. The monoisotopic (exact) mass is 279 g/mol.